The lowest BCUT2D eigenvalue weighted by molar-refractivity contribution is -0.115. The van der Waals surface area contributed by atoms with Gasteiger partial charge in [-0.3, -0.25) is 4.79 Å². The second-order valence-electron chi connectivity index (χ2n) is 9.68. The zero-order chi connectivity index (χ0) is 28.5. The number of hydrogen-bond donors (Lipinski definition) is 3. The van der Waals surface area contributed by atoms with Crippen molar-refractivity contribution < 1.29 is 32.6 Å². The topological polar surface area (TPSA) is 144 Å². The number of aromatic nitrogens is 1. The number of aromatic carboxylic acids is 1. The Labute approximate surface area is 233 Å². The summed E-state index contributed by atoms with van der Waals surface area (Å²) in [5.41, 5.74) is 0.909. The molecule has 212 valence electrons. The molecule has 0 bridgehead atoms. The van der Waals surface area contributed by atoms with Crippen LogP contribution in [0.15, 0.2) is 66.9 Å². The number of para-hydroxylation sites is 1. The molecule has 3 aromatic rings. The molecule has 11 heteroatoms. The molecule has 0 aliphatic heterocycles. The molecule has 1 aliphatic carbocycles. The number of hydrogen-bond acceptors (Lipinski definition) is 7. The van der Waals surface area contributed by atoms with Gasteiger partial charge in [-0.2, -0.15) is 0 Å². The van der Waals surface area contributed by atoms with Gasteiger partial charge in [-0.15, -0.1) is 0 Å². The van der Waals surface area contributed by atoms with Gasteiger partial charge in [0, 0.05) is 18.3 Å². The first-order chi connectivity index (χ1) is 19.2. The Kier molecular flexibility index (Phi) is 9.73. The van der Waals surface area contributed by atoms with E-state index in [-0.39, 0.29) is 41.5 Å². The molecule has 0 saturated heterocycles. The summed E-state index contributed by atoms with van der Waals surface area (Å²) in [6, 6.07) is 16.8. The Morgan fingerprint density at radius 2 is 1.68 bits per heavy atom. The third-order valence-corrected chi connectivity index (χ3v) is 8.07. The average molecular weight is 568 g/mol. The van der Waals surface area contributed by atoms with Gasteiger partial charge in [0.1, 0.15) is 11.5 Å². The van der Waals surface area contributed by atoms with Gasteiger partial charge >= 0.3 is 5.97 Å². The number of carbonyl (C=O) groups is 2. The van der Waals surface area contributed by atoms with Gasteiger partial charge in [0.25, 0.3) is 0 Å². The van der Waals surface area contributed by atoms with Crippen LogP contribution in [0, 0.1) is 0 Å². The number of benzene rings is 2. The highest BCUT2D eigenvalue weighted by Gasteiger charge is 2.25. The van der Waals surface area contributed by atoms with Crippen LogP contribution in [0.2, 0.25) is 0 Å². The smallest absolute Gasteiger partial charge is 0.337 e. The van der Waals surface area contributed by atoms with Crippen molar-refractivity contribution in [3.05, 3.63) is 78.0 Å². The molecular formula is C29H33N3O7S. The highest BCUT2D eigenvalue weighted by Crippen LogP contribution is 2.27. The highest BCUT2D eigenvalue weighted by molar-refractivity contribution is 7.89. The van der Waals surface area contributed by atoms with E-state index < -0.39 is 16.0 Å². The van der Waals surface area contributed by atoms with Crippen LogP contribution in [0.5, 0.6) is 17.4 Å². The first-order valence-corrected chi connectivity index (χ1v) is 14.9. The number of amides is 1. The quantitative estimate of drug-likeness (QED) is 0.284. The van der Waals surface area contributed by atoms with Crippen molar-refractivity contribution in [1.29, 1.82) is 0 Å². The minimum absolute atomic E-state index is 0.0225. The monoisotopic (exact) mass is 567 g/mol. The molecule has 0 atom stereocenters. The molecule has 1 fully saturated rings. The number of ether oxygens (including phenoxy) is 2. The fourth-order valence-corrected chi connectivity index (χ4v) is 5.91. The molecule has 0 unspecified atom stereocenters. The molecule has 0 spiro atoms. The van der Waals surface area contributed by atoms with Gasteiger partial charge in [-0.1, -0.05) is 25.1 Å². The predicted octanol–water partition coefficient (Wildman–Crippen LogP) is 4.77. The van der Waals surface area contributed by atoms with Crippen LogP contribution in [-0.4, -0.2) is 48.3 Å². The average Bonchev–Trinajstić information content (AvgIpc) is 2.92. The van der Waals surface area contributed by atoms with E-state index >= 15 is 0 Å². The lowest BCUT2D eigenvalue weighted by Crippen LogP contribution is -2.40. The number of pyridine rings is 1. The predicted molar refractivity (Wildman–Crippen MR) is 150 cm³/mol. The first kappa shape index (κ1) is 29.0. The molecule has 1 heterocycles. The molecule has 1 aliphatic rings. The molecule has 1 amide bonds. The van der Waals surface area contributed by atoms with E-state index in [9.17, 15) is 23.1 Å². The third kappa shape index (κ3) is 8.52. The van der Waals surface area contributed by atoms with Crippen molar-refractivity contribution in [3.8, 4) is 17.4 Å². The van der Waals surface area contributed by atoms with Crippen LogP contribution in [0.1, 0.15) is 54.9 Å². The molecule has 4 rings (SSSR count). The van der Waals surface area contributed by atoms with Gasteiger partial charge < -0.3 is 19.9 Å². The minimum Gasteiger partial charge on any atom is -0.490 e. The standard InChI is InChI=1S/C29H33N3O7S/c1-2-17-40(36,37)32-21-8-10-22(11-9-21)38-23-12-14-24(15-13-23)39-28-16-7-20(19-30-28)18-27(33)31-26-6-4-3-5-25(26)29(34)35/h3-7,12-16,19,21-22,32H,2,8-11,17-18H2,1H3,(H,31,33)(H,34,35). The number of carboxylic acids is 1. The number of sulfonamides is 1. The third-order valence-electron chi connectivity index (χ3n) is 6.44. The van der Waals surface area contributed by atoms with Crippen LogP contribution in [0.3, 0.4) is 0 Å². The molecule has 40 heavy (non-hydrogen) atoms. The summed E-state index contributed by atoms with van der Waals surface area (Å²) in [5.74, 6) is 0.325. The summed E-state index contributed by atoms with van der Waals surface area (Å²) in [4.78, 5) is 28.0. The Balaban J connectivity index is 1.23. The fourth-order valence-electron chi connectivity index (χ4n) is 4.51. The van der Waals surface area contributed by atoms with Crippen LogP contribution in [0.4, 0.5) is 5.69 Å². The second kappa shape index (κ2) is 13.4. The molecular weight excluding hydrogens is 534 g/mol. The minimum atomic E-state index is -3.21. The number of carbonyl (C=O) groups excluding carboxylic acids is 1. The maximum Gasteiger partial charge on any atom is 0.337 e. The van der Waals surface area contributed by atoms with Crippen molar-refractivity contribution in [2.75, 3.05) is 11.1 Å². The maximum absolute atomic E-state index is 12.4. The Morgan fingerprint density at radius 3 is 2.33 bits per heavy atom. The van der Waals surface area contributed by atoms with Crippen molar-refractivity contribution in [1.82, 2.24) is 9.71 Å². The van der Waals surface area contributed by atoms with Crippen molar-refractivity contribution in [2.24, 2.45) is 0 Å². The van der Waals surface area contributed by atoms with Gasteiger partial charge in [-0.25, -0.2) is 22.9 Å². The van der Waals surface area contributed by atoms with E-state index in [0.29, 0.717) is 29.4 Å². The summed E-state index contributed by atoms with van der Waals surface area (Å²) in [7, 11) is -3.21. The van der Waals surface area contributed by atoms with E-state index in [2.05, 4.69) is 15.0 Å². The molecule has 1 saturated carbocycles. The van der Waals surface area contributed by atoms with E-state index in [1.54, 1.807) is 42.5 Å². The SMILES string of the molecule is CCCS(=O)(=O)NC1CCC(Oc2ccc(Oc3ccc(CC(=O)Nc4ccccc4C(=O)O)cn3)cc2)CC1. The molecule has 2 aromatic carbocycles. The zero-order valence-corrected chi connectivity index (χ0v) is 23.0. The van der Waals surface area contributed by atoms with Crippen molar-refractivity contribution in [2.45, 2.75) is 57.6 Å². The largest absolute Gasteiger partial charge is 0.490 e. The lowest BCUT2D eigenvalue weighted by Gasteiger charge is -2.29. The number of anilines is 1. The Bertz CT molecular complexity index is 1400. The summed E-state index contributed by atoms with van der Waals surface area (Å²) in [6.45, 7) is 1.85. The number of carboxylic acid groups (broad SMARTS) is 1. The summed E-state index contributed by atoms with van der Waals surface area (Å²) < 4.78 is 38.7. The molecule has 1 aromatic heterocycles. The number of rotatable bonds is 12. The second-order valence-corrected chi connectivity index (χ2v) is 11.6. The van der Waals surface area contributed by atoms with Gasteiger partial charge in [0.05, 0.1) is 29.5 Å². The van der Waals surface area contributed by atoms with E-state index in [1.165, 1.54) is 12.3 Å². The lowest BCUT2D eigenvalue weighted by atomic mass is 9.94. The van der Waals surface area contributed by atoms with Crippen LogP contribution in [0.25, 0.3) is 0 Å². The normalized spacial score (nSPS) is 17.1. The van der Waals surface area contributed by atoms with E-state index in [4.69, 9.17) is 9.47 Å². The van der Waals surface area contributed by atoms with E-state index in [1.807, 2.05) is 19.1 Å². The van der Waals surface area contributed by atoms with Gasteiger partial charge in [0.15, 0.2) is 0 Å². The maximum atomic E-state index is 12.4. The van der Waals surface area contributed by atoms with Gasteiger partial charge in [-0.05, 0) is 74.1 Å². The summed E-state index contributed by atoms with van der Waals surface area (Å²) in [5, 5.41) is 11.9. The molecule has 0 radical (unpaired) electrons. The Hall–Kier alpha value is -3.96. The van der Waals surface area contributed by atoms with Crippen LogP contribution < -0.4 is 19.5 Å². The van der Waals surface area contributed by atoms with Gasteiger partial charge in [0.2, 0.25) is 21.8 Å². The van der Waals surface area contributed by atoms with Crippen molar-refractivity contribution in [3.63, 3.8) is 0 Å². The summed E-state index contributed by atoms with van der Waals surface area (Å²) >= 11 is 0. The van der Waals surface area contributed by atoms with Crippen LogP contribution in [-0.2, 0) is 21.2 Å². The highest BCUT2D eigenvalue weighted by atomic mass is 32.2. The summed E-state index contributed by atoms with van der Waals surface area (Å²) in [6.07, 6.45) is 5.23. The molecule has 3 N–H and O–H groups in total. The Morgan fingerprint density at radius 1 is 0.975 bits per heavy atom. The number of nitrogens with one attached hydrogen (secondary N) is 2. The van der Waals surface area contributed by atoms with Crippen LogP contribution >= 0.6 is 0 Å². The van der Waals surface area contributed by atoms with E-state index in [0.717, 1.165) is 25.7 Å². The van der Waals surface area contributed by atoms with Crippen molar-refractivity contribution >= 4 is 27.6 Å². The molecule has 10 nitrogen and oxygen atoms in total. The fraction of sp³-hybridized carbons (Fsp3) is 0.345. The number of nitrogens with zero attached hydrogens (tertiary/aromatic N) is 1. The zero-order valence-electron chi connectivity index (χ0n) is 22.2. The first-order valence-electron chi connectivity index (χ1n) is 13.2.